The van der Waals surface area contributed by atoms with Crippen LogP contribution in [0.2, 0.25) is 0 Å². The normalized spacial score (nSPS) is 24.2. The summed E-state index contributed by atoms with van der Waals surface area (Å²) in [5.41, 5.74) is 7.20. The lowest BCUT2D eigenvalue weighted by Gasteiger charge is -2.43. The molecule has 0 unspecified atom stereocenters. The Balaban J connectivity index is 2.03. The number of aliphatic hydroxyl groups is 1. The maximum Gasteiger partial charge on any atom is 0.227 e. The van der Waals surface area contributed by atoms with Gasteiger partial charge in [0.25, 0.3) is 0 Å². The van der Waals surface area contributed by atoms with Gasteiger partial charge in [-0.25, -0.2) is 9.97 Å². The van der Waals surface area contributed by atoms with E-state index in [0.29, 0.717) is 32.5 Å². The number of carbonyl (C=O) groups is 1. The van der Waals surface area contributed by atoms with Crippen LogP contribution < -0.4 is 5.73 Å². The lowest BCUT2D eigenvalue weighted by atomic mass is 9.79. The quantitative estimate of drug-likeness (QED) is 0.827. The molecule has 1 saturated heterocycles. The fourth-order valence-corrected chi connectivity index (χ4v) is 3.33. The SMILES string of the molecule is COCC[C@@]1(O)CCN(C(=O)Cc2c(C)nc(N)nc2C)C[C@@H]1C. The van der Waals surface area contributed by atoms with Crippen molar-refractivity contribution in [2.75, 3.05) is 32.5 Å². The van der Waals surface area contributed by atoms with E-state index < -0.39 is 5.60 Å². The first-order valence-corrected chi connectivity index (χ1v) is 8.35. The summed E-state index contributed by atoms with van der Waals surface area (Å²) >= 11 is 0. The molecular formula is C17H28N4O3. The number of amides is 1. The molecule has 134 valence electrons. The largest absolute Gasteiger partial charge is 0.389 e. The third-order valence-electron chi connectivity index (χ3n) is 5.08. The average molecular weight is 336 g/mol. The standard InChI is InChI=1S/C17H28N4O3/c1-11-10-21(7-5-17(11,23)6-8-24-4)15(22)9-14-12(2)19-16(18)20-13(14)3/h11,23H,5-10H2,1-4H3,(H2,18,19,20)/t11-,17-/m0/s1. The van der Waals surface area contributed by atoms with E-state index in [1.165, 1.54) is 0 Å². The molecule has 0 aromatic carbocycles. The van der Waals surface area contributed by atoms with Crippen molar-refractivity contribution in [3.05, 3.63) is 17.0 Å². The van der Waals surface area contributed by atoms with Crippen LogP contribution >= 0.6 is 0 Å². The molecule has 1 aliphatic heterocycles. The minimum Gasteiger partial charge on any atom is -0.389 e. The van der Waals surface area contributed by atoms with Crippen LogP contribution in [0.3, 0.4) is 0 Å². The number of hydrogen-bond donors (Lipinski definition) is 2. The highest BCUT2D eigenvalue weighted by Crippen LogP contribution is 2.31. The number of anilines is 1. The molecule has 0 aliphatic carbocycles. The summed E-state index contributed by atoms with van der Waals surface area (Å²) in [4.78, 5) is 22.8. The van der Waals surface area contributed by atoms with Gasteiger partial charge in [-0.05, 0) is 26.7 Å². The third-order valence-corrected chi connectivity index (χ3v) is 5.08. The Hall–Kier alpha value is -1.73. The summed E-state index contributed by atoms with van der Waals surface area (Å²) in [7, 11) is 1.63. The van der Waals surface area contributed by atoms with Crippen molar-refractivity contribution in [3.63, 3.8) is 0 Å². The number of methoxy groups -OCH3 is 1. The number of ether oxygens (including phenoxy) is 1. The predicted molar refractivity (Wildman–Crippen MR) is 91.4 cm³/mol. The smallest absolute Gasteiger partial charge is 0.227 e. The van der Waals surface area contributed by atoms with Crippen LogP contribution in [-0.2, 0) is 16.0 Å². The minimum atomic E-state index is -0.761. The summed E-state index contributed by atoms with van der Waals surface area (Å²) < 4.78 is 5.08. The van der Waals surface area contributed by atoms with Crippen LogP contribution in [0.25, 0.3) is 0 Å². The molecule has 1 amide bonds. The van der Waals surface area contributed by atoms with Crippen molar-refractivity contribution in [1.82, 2.24) is 14.9 Å². The number of nitrogens with zero attached hydrogens (tertiary/aromatic N) is 3. The van der Waals surface area contributed by atoms with Crippen molar-refractivity contribution in [2.24, 2.45) is 5.92 Å². The molecule has 7 heteroatoms. The molecule has 1 aromatic heterocycles. The molecule has 0 radical (unpaired) electrons. The van der Waals surface area contributed by atoms with Gasteiger partial charge in [0.15, 0.2) is 0 Å². The fraction of sp³-hybridized carbons (Fsp3) is 0.706. The van der Waals surface area contributed by atoms with Crippen molar-refractivity contribution >= 4 is 11.9 Å². The number of likely N-dealkylation sites (tertiary alicyclic amines) is 1. The molecule has 0 bridgehead atoms. The lowest BCUT2D eigenvalue weighted by molar-refractivity contribution is -0.139. The number of nitrogens with two attached hydrogens (primary N) is 1. The molecule has 0 spiro atoms. The average Bonchev–Trinajstić information content (AvgIpc) is 2.51. The number of hydrogen-bond acceptors (Lipinski definition) is 6. The Bertz CT molecular complexity index is 584. The van der Waals surface area contributed by atoms with E-state index in [-0.39, 0.29) is 24.2 Å². The number of aryl methyl sites for hydroxylation is 2. The van der Waals surface area contributed by atoms with Gasteiger partial charge in [0.05, 0.1) is 12.0 Å². The van der Waals surface area contributed by atoms with Gasteiger partial charge in [-0.15, -0.1) is 0 Å². The van der Waals surface area contributed by atoms with Crippen LogP contribution in [0.15, 0.2) is 0 Å². The zero-order valence-electron chi connectivity index (χ0n) is 15.0. The molecule has 2 atom stereocenters. The van der Waals surface area contributed by atoms with Gasteiger partial charge in [-0.1, -0.05) is 6.92 Å². The number of carbonyl (C=O) groups excluding carboxylic acids is 1. The summed E-state index contributed by atoms with van der Waals surface area (Å²) in [5, 5.41) is 10.7. The minimum absolute atomic E-state index is 0.00946. The zero-order valence-corrected chi connectivity index (χ0v) is 15.0. The molecule has 0 saturated carbocycles. The van der Waals surface area contributed by atoms with Gasteiger partial charge in [0, 0.05) is 49.7 Å². The van der Waals surface area contributed by atoms with Gasteiger partial charge >= 0.3 is 0 Å². The highest BCUT2D eigenvalue weighted by atomic mass is 16.5. The van der Waals surface area contributed by atoms with E-state index in [9.17, 15) is 9.90 Å². The third kappa shape index (κ3) is 4.02. The first-order chi connectivity index (χ1) is 11.3. The molecule has 2 heterocycles. The van der Waals surface area contributed by atoms with Gasteiger partial charge in [-0.3, -0.25) is 4.79 Å². The second-order valence-electron chi connectivity index (χ2n) is 6.75. The fourth-order valence-electron chi connectivity index (χ4n) is 3.33. The number of aromatic nitrogens is 2. The highest BCUT2D eigenvalue weighted by molar-refractivity contribution is 5.79. The summed E-state index contributed by atoms with van der Waals surface area (Å²) in [6.45, 7) is 7.30. The van der Waals surface area contributed by atoms with Crippen molar-refractivity contribution in [1.29, 1.82) is 0 Å². The van der Waals surface area contributed by atoms with Gasteiger partial charge < -0.3 is 20.5 Å². The molecule has 7 nitrogen and oxygen atoms in total. The number of piperidine rings is 1. The monoisotopic (exact) mass is 336 g/mol. The number of nitrogen functional groups attached to an aromatic ring is 1. The Morgan fingerprint density at radius 2 is 2.04 bits per heavy atom. The van der Waals surface area contributed by atoms with Crippen LogP contribution in [0.5, 0.6) is 0 Å². The predicted octanol–water partition coefficient (Wildman–Crippen LogP) is 0.854. The van der Waals surface area contributed by atoms with E-state index in [2.05, 4.69) is 9.97 Å². The molecular weight excluding hydrogens is 308 g/mol. The summed E-state index contributed by atoms with van der Waals surface area (Å²) in [5.74, 6) is 0.279. The first kappa shape index (κ1) is 18.6. The van der Waals surface area contributed by atoms with E-state index >= 15 is 0 Å². The second-order valence-corrected chi connectivity index (χ2v) is 6.75. The highest BCUT2D eigenvalue weighted by Gasteiger charge is 2.39. The maximum atomic E-state index is 12.7. The van der Waals surface area contributed by atoms with Crippen LogP contribution in [0.1, 0.15) is 36.7 Å². The molecule has 2 rings (SSSR count). The van der Waals surface area contributed by atoms with E-state index in [1.54, 1.807) is 7.11 Å². The summed E-state index contributed by atoms with van der Waals surface area (Å²) in [6, 6.07) is 0. The summed E-state index contributed by atoms with van der Waals surface area (Å²) in [6.07, 6.45) is 1.43. The Labute approximate surface area is 143 Å². The van der Waals surface area contributed by atoms with Crippen LogP contribution in [-0.4, -0.2) is 58.3 Å². The van der Waals surface area contributed by atoms with Crippen molar-refractivity contribution < 1.29 is 14.6 Å². The molecule has 1 aromatic rings. The van der Waals surface area contributed by atoms with Crippen LogP contribution in [0.4, 0.5) is 5.95 Å². The van der Waals surface area contributed by atoms with Crippen LogP contribution in [0, 0.1) is 19.8 Å². The molecule has 3 N–H and O–H groups in total. The topological polar surface area (TPSA) is 102 Å². The van der Waals surface area contributed by atoms with Gasteiger partial charge in [0.2, 0.25) is 11.9 Å². The lowest BCUT2D eigenvalue weighted by Crippen LogP contribution is -2.53. The van der Waals surface area contributed by atoms with Crippen molar-refractivity contribution in [2.45, 2.75) is 45.6 Å². The molecule has 24 heavy (non-hydrogen) atoms. The van der Waals surface area contributed by atoms with E-state index in [0.717, 1.165) is 17.0 Å². The molecule has 1 aliphatic rings. The molecule has 1 fully saturated rings. The second kappa shape index (κ2) is 7.44. The Morgan fingerprint density at radius 3 is 2.58 bits per heavy atom. The van der Waals surface area contributed by atoms with E-state index in [4.69, 9.17) is 10.5 Å². The van der Waals surface area contributed by atoms with Gasteiger partial charge in [0.1, 0.15) is 0 Å². The Kier molecular flexibility index (Phi) is 5.77. The first-order valence-electron chi connectivity index (χ1n) is 8.35. The van der Waals surface area contributed by atoms with Gasteiger partial charge in [-0.2, -0.15) is 0 Å². The van der Waals surface area contributed by atoms with E-state index in [1.807, 2.05) is 25.7 Å². The van der Waals surface area contributed by atoms with Crippen molar-refractivity contribution in [3.8, 4) is 0 Å². The number of rotatable bonds is 5. The maximum absolute atomic E-state index is 12.7. The zero-order chi connectivity index (χ0) is 17.9. The Morgan fingerprint density at radius 1 is 1.42 bits per heavy atom.